The summed E-state index contributed by atoms with van der Waals surface area (Å²) in [7, 11) is 0. The fourth-order valence-corrected chi connectivity index (χ4v) is 4.26. The molecule has 1 fully saturated rings. The van der Waals surface area contributed by atoms with Crippen molar-refractivity contribution in [3.05, 3.63) is 33.5 Å². The van der Waals surface area contributed by atoms with Crippen LogP contribution in [0, 0.1) is 13.8 Å². The summed E-state index contributed by atoms with van der Waals surface area (Å²) in [5.41, 5.74) is 2.62. The number of aryl methyl sites for hydroxylation is 1. The van der Waals surface area contributed by atoms with Gasteiger partial charge in [0.25, 0.3) is 0 Å². The highest BCUT2D eigenvalue weighted by Crippen LogP contribution is 2.22. The SMILES string of the molecule is CCCn1c(C)cc(C(=O)CSc2n[nH]c(=O)n2CC2CCCO2)c1C. The molecule has 0 bridgehead atoms. The van der Waals surface area contributed by atoms with Crippen LogP contribution in [0.3, 0.4) is 0 Å². The average molecular weight is 378 g/mol. The maximum absolute atomic E-state index is 12.7. The molecule has 3 rings (SSSR count). The Balaban J connectivity index is 1.68. The molecule has 0 radical (unpaired) electrons. The first-order valence-corrected chi connectivity index (χ1v) is 10.1. The molecule has 0 aromatic carbocycles. The molecule has 1 saturated heterocycles. The normalized spacial score (nSPS) is 17.1. The highest BCUT2D eigenvalue weighted by molar-refractivity contribution is 7.99. The molecule has 0 spiro atoms. The molecule has 0 aliphatic carbocycles. The van der Waals surface area contributed by atoms with Crippen LogP contribution in [-0.4, -0.2) is 43.6 Å². The lowest BCUT2D eigenvalue weighted by atomic mass is 10.2. The van der Waals surface area contributed by atoms with Gasteiger partial charge in [0.2, 0.25) is 0 Å². The molecule has 2 aromatic rings. The molecular formula is C18H26N4O3S. The number of H-pyrrole nitrogens is 1. The number of nitrogens with zero attached hydrogens (tertiary/aromatic N) is 3. The Morgan fingerprint density at radius 3 is 2.92 bits per heavy atom. The molecule has 1 atom stereocenters. The topological polar surface area (TPSA) is 81.9 Å². The van der Waals surface area contributed by atoms with Gasteiger partial charge in [0.05, 0.1) is 18.4 Å². The summed E-state index contributed by atoms with van der Waals surface area (Å²) in [6.07, 6.45) is 3.05. The lowest BCUT2D eigenvalue weighted by molar-refractivity contribution is 0.0941. The molecule has 0 amide bonds. The predicted molar refractivity (Wildman–Crippen MR) is 101 cm³/mol. The second-order valence-corrected chi connectivity index (χ2v) is 7.65. The number of carbonyl (C=O) groups is 1. The number of Topliss-reactive ketones (excluding diaryl/α,β-unsaturated/α-hetero) is 1. The number of ketones is 1. The zero-order valence-electron chi connectivity index (χ0n) is 15.6. The maximum atomic E-state index is 12.7. The molecule has 1 aliphatic heterocycles. The number of thioether (sulfide) groups is 1. The molecule has 0 saturated carbocycles. The third kappa shape index (κ3) is 3.96. The van der Waals surface area contributed by atoms with Gasteiger partial charge in [-0.2, -0.15) is 0 Å². The van der Waals surface area contributed by atoms with Gasteiger partial charge in [0.15, 0.2) is 10.9 Å². The number of nitrogens with one attached hydrogen (secondary N) is 1. The van der Waals surface area contributed by atoms with Crippen molar-refractivity contribution in [2.45, 2.75) is 64.4 Å². The monoisotopic (exact) mass is 378 g/mol. The van der Waals surface area contributed by atoms with Crippen molar-refractivity contribution < 1.29 is 9.53 Å². The zero-order valence-corrected chi connectivity index (χ0v) is 16.4. The van der Waals surface area contributed by atoms with Gasteiger partial charge in [-0.3, -0.25) is 9.36 Å². The van der Waals surface area contributed by atoms with Crippen molar-refractivity contribution in [1.82, 2.24) is 19.3 Å². The lowest BCUT2D eigenvalue weighted by Crippen LogP contribution is -2.25. The third-order valence-electron chi connectivity index (χ3n) is 4.79. The van der Waals surface area contributed by atoms with E-state index in [0.717, 1.165) is 49.4 Å². The van der Waals surface area contributed by atoms with Crippen molar-refractivity contribution in [1.29, 1.82) is 0 Å². The number of carbonyl (C=O) groups excluding carboxylic acids is 1. The van der Waals surface area contributed by atoms with Crippen molar-refractivity contribution in [3.63, 3.8) is 0 Å². The van der Waals surface area contributed by atoms with Crippen molar-refractivity contribution in [2.75, 3.05) is 12.4 Å². The minimum atomic E-state index is -0.253. The van der Waals surface area contributed by atoms with Crippen molar-refractivity contribution >= 4 is 17.5 Å². The molecule has 1 aliphatic rings. The Bertz CT molecular complexity index is 830. The van der Waals surface area contributed by atoms with Gasteiger partial charge in [-0.15, -0.1) is 5.10 Å². The second-order valence-electron chi connectivity index (χ2n) is 6.71. The van der Waals surface area contributed by atoms with Crippen LogP contribution in [0.25, 0.3) is 0 Å². The Labute approximate surface area is 157 Å². The van der Waals surface area contributed by atoms with Crippen LogP contribution >= 0.6 is 11.8 Å². The number of hydrogen-bond acceptors (Lipinski definition) is 5. The van der Waals surface area contributed by atoms with E-state index in [-0.39, 0.29) is 23.3 Å². The minimum absolute atomic E-state index is 0.0494. The van der Waals surface area contributed by atoms with Crippen molar-refractivity contribution in [2.24, 2.45) is 0 Å². The van der Waals surface area contributed by atoms with Crippen LogP contribution in [0.1, 0.15) is 47.9 Å². The van der Waals surface area contributed by atoms with Crippen LogP contribution < -0.4 is 5.69 Å². The van der Waals surface area contributed by atoms with Crippen LogP contribution in [0.15, 0.2) is 16.0 Å². The molecule has 1 unspecified atom stereocenters. The molecule has 1 N–H and O–H groups in total. The molecule has 3 heterocycles. The Morgan fingerprint density at radius 1 is 1.42 bits per heavy atom. The van der Waals surface area contributed by atoms with Gasteiger partial charge >= 0.3 is 5.69 Å². The van der Waals surface area contributed by atoms with Gasteiger partial charge in [-0.05, 0) is 39.2 Å². The van der Waals surface area contributed by atoms with Gasteiger partial charge < -0.3 is 9.30 Å². The Hall–Kier alpha value is -1.80. The van der Waals surface area contributed by atoms with E-state index >= 15 is 0 Å². The van der Waals surface area contributed by atoms with Crippen LogP contribution in [0.5, 0.6) is 0 Å². The number of rotatable bonds is 8. The second kappa shape index (κ2) is 8.26. The molecule has 8 heteroatoms. The fourth-order valence-electron chi connectivity index (χ4n) is 3.43. The van der Waals surface area contributed by atoms with E-state index in [1.807, 2.05) is 19.9 Å². The summed E-state index contributed by atoms with van der Waals surface area (Å²) in [6, 6.07) is 1.96. The number of aromatic amines is 1. The molecule has 26 heavy (non-hydrogen) atoms. The zero-order chi connectivity index (χ0) is 18.7. The van der Waals surface area contributed by atoms with Crippen LogP contribution in [0.2, 0.25) is 0 Å². The number of hydrogen-bond donors (Lipinski definition) is 1. The first kappa shape index (κ1) is 19.0. The van der Waals surface area contributed by atoms with E-state index < -0.39 is 0 Å². The Morgan fingerprint density at radius 2 is 2.23 bits per heavy atom. The van der Waals surface area contributed by atoms with Gasteiger partial charge in [-0.25, -0.2) is 9.89 Å². The summed E-state index contributed by atoms with van der Waals surface area (Å²) >= 11 is 1.30. The fraction of sp³-hybridized carbons (Fsp3) is 0.611. The highest BCUT2D eigenvalue weighted by Gasteiger charge is 2.21. The van der Waals surface area contributed by atoms with Crippen molar-refractivity contribution in [3.8, 4) is 0 Å². The summed E-state index contributed by atoms with van der Waals surface area (Å²) in [5, 5.41) is 7.10. The predicted octanol–water partition coefficient (Wildman–Crippen LogP) is 2.55. The summed E-state index contributed by atoms with van der Waals surface area (Å²) < 4.78 is 9.36. The van der Waals surface area contributed by atoms with E-state index in [9.17, 15) is 9.59 Å². The largest absolute Gasteiger partial charge is 0.376 e. The van der Waals surface area contributed by atoms with E-state index in [2.05, 4.69) is 21.7 Å². The first-order valence-electron chi connectivity index (χ1n) is 9.10. The van der Waals surface area contributed by atoms with E-state index in [1.54, 1.807) is 4.57 Å². The lowest BCUT2D eigenvalue weighted by Gasteiger charge is -2.11. The highest BCUT2D eigenvalue weighted by atomic mass is 32.2. The first-order chi connectivity index (χ1) is 12.5. The van der Waals surface area contributed by atoms with E-state index in [4.69, 9.17) is 4.74 Å². The molecule has 7 nitrogen and oxygen atoms in total. The molecule has 2 aromatic heterocycles. The van der Waals surface area contributed by atoms with E-state index in [1.165, 1.54) is 11.8 Å². The maximum Gasteiger partial charge on any atom is 0.344 e. The molecular weight excluding hydrogens is 352 g/mol. The summed E-state index contributed by atoms with van der Waals surface area (Å²) in [4.78, 5) is 24.7. The van der Waals surface area contributed by atoms with E-state index in [0.29, 0.717) is 11.7 Å². The van der Waals surface area contributed by atoms with Gasteiger partial charge in [0.1, 0.15) is 0 Å². The van der Waals surface area contributed by atoms with Gasteiger partial charge in [-0.1, -0.05) is 18.7 Å². The number of aromatic nitrogens is 4. The quantitative estimate of drug-likeness (QED) is 0.564. The Kier molecular flexibility index (Phi) is 6.03. The van der Waals surface area contributed by atoms with Crippen LogP contribution in [-0.2, 0) is 17.8 Å². The third-order valence-corrected chi connectivity index (χ3v) is 5.76. The minimum Gasteiger partial charge on any atom is -0.376 e. The summed E-state index contributed by atoms with van der Waals surface area (Å²) in [6.45, 7) is 8.28. The molecule has 142 valence electrons. The smallest absolute Gasteiger partial charge is 0.344 e. The standard InChI is InChI=1S/C18H26N4O3S/c1-4-7-21-12(2)9-15(13(21)3)16(23)11-26-18-20-19-17(24)22(18)10-14-6-5-8-25-14/h9,14H,4-8,10-11H2,1-3H3,(H,19,24). The number of ether oxygens (including phenoxy) is 1. The average Bonchev–Trinajstić information content (AvgIpc) is 3.32. The van der Waals surface area contributed by atoms with Gasteiger partial charge in [0, 0.05) is 30.1 Å². The summed E-state index contributed by atoms with van der Waals surface area (Å²) in [5.74, 6) is 0.316. The van der Waals surface area contributed by atoms with Crippen LogP contribution in [0.4, 0.5) is 0 Å².